The quantitative estimate of drug-likeness (QED) is 0.608. The SMILES string of the molecule is Cn1c([C@@H]2CCCN2C(=O)OC(C)(C)C)nc2cc(-c3ccccc3)ccc21. The number of nitrogens with zero attached hydrogens (tertiary/aromatic N) is 3. The number of carbonyl (C=O) groups is 1. The molecule has 0 unspecified atom stereocenters. The average molecular weight is 377 g/mol. The molecule has 28 heavy (non-hydrogen) atoms. The van der Waals surface area contributed by atoms with E-state index in [1.165, 1.54) is 5.56 Å². The molecular formula is C23H27N3O2. The maximum Gasteiger partial charge on any atom is 0.410 e. The summed E-state index contributed by atoms with van der Waals surface area (Å²) in [6.45, 7) is 6.40. The van der Waals surface area contributed by atoms with E-state index in [2.05, 4.69) is 34.9 Å². The maximum absolute atomic E-state index is 12.7. The molecule has 0 spiro atoms. The molecule has 0 radical (unpaired) electrons. The van der Waals surface area contributed by atoms with Gasteiger partial charge in [0.1, 0.15) is 11.4 Å². The van der Waals surface area contributed by atoms with E-state index in [1.807, 2.05) is 50.9 Å². The first-order valence-electron chi connectivity index (χ1n) is 9.85. The zero-order valence-electron chi connectivity index (χ0n) is 17.0. The Morgan fingerprint density at radius 1 is 1.11 bits per heavy atom. The number of fused-ring (bicyclic) bond motifs is 1. The number of likely N-dealkylation sites (tertiary alicyclic amines) is 1. The molecule has 1 aromatic heterocycles. The number of carbonyl (C=O) groups excluding carboxylic acids is 1. The first kappa shape index (κ1) is 18.5. The molecule has 0 saturated carbocycles. The number of hydrogen-bond acceptors (Lipinski definition) is 3. The van der Waals surface area contributed by atoms with Crippen LogP contribution in [0.2, 0.25) is 0 Å². The van der Waals surface area contributed by atoms with Gasteiger partial charge in [0, 0.05) is 13.6 Å². The number of imidazole rings is 1. The highest BCUT2D eigenvalue weighted by Gasteiger charge is 2.35. The van der Waals surface area contributed by atoms with Crippen LogP contribution in [-0.2, 0) is 11.8 Å². The molecule has 5 nitrogen and oxygen atoms in total. The summed E-state index contributed by atoms with van der Waals surface area (Å²) in [5.74, 6) is 0.920. The Balaban J connectivity index is 1.68. The first-order valence-corrected chi connectivity index (χ1v) is 9.85. The van der Waals surface area contributed by atoms with Crippen LogP contribution in [0.5, 0.6) is 0 Å². The fourth-order valence-corrected chi connectivity index (χ4v) is 3.90. The van der Waals surface area contributed by atoms with Gasteiger partial charge in [0.05, 0.1) is 17.1 Å². The summed E-state index contributed by atoms with van der Waals surface area (Å²) < 4.78 is 7.72. The van der Waals surface area contributed by atoms with Gasteiger partial charge < -0.3 is 9.30 Å². The van der Waals surface area contributed by atoms with Gasteiger partial charge >= 0.3 is 6.09 Å². The summed E-state index contributed by atoms with van der Waals surface area (Å²) in [5, 5.41) is 0. The van der Waals surface area contributed by atoms with E-state index in [4.69, 9.17) is 9.72 Å². The maximum atomic E-state index is 12.7. The van der Waals surface area contributed by atoms with E-state index >= 15 is 0 Å². The highest BCUT2D eigenvalue weighted by molar-refractivity contribution is 5.83. The van der Waals surface area contributed by atoms with Crippen molar-refractivity contribution < 1.29 is 9.53 Å². The largest absolute Gasteiger partial charge is 0.444 e. The van der Waals surface area contributed by atoms with Gasteiger partial charge in [-0.25, -0.2) is 9.78 Å². The number of rotatable bonds is 2. The first-order chi connectivity index (χ1) is 13.3. The molecule has 3 aromatic rings. The Bertz CT molecular complexity index is 1000. The van der Waals surface area contributed by atoms with E-state index < -0.39 is 5.60 Å². The number of benzene rings is 2. The molecule has 2 heterocycles. The molecule has 0 aliphatic carbocycles. The van der Waals surface area contributed by atoms with Crippen LogP contribution >= 0.6 is 0 Å². The lowest BCUT2D eigenvalue weighted by molar-refractivity contribution is 0.0216. The van der Waals surface area contributed by atoms with Crippen LogP contribution in [0.1, 0.15) is 45.5 Å². The van der Waals surface area contributed by atoms with Crippen molar-refractivity contribution in [2.45, 2.75) is 45.3 Å². The lowest BCUT2D eigenvalue weighted by Gasteiger charge is -2.28. The summed E-state index contributed by atoms with van der Waals surface area (Å²) in [6, 6.07) is 16.6. The Morgan fingerprint density at radius 2 is 1.86 bits per heavy atom. The Labute approximate surface area is 165 Å². The standard InChI is InChI=1S/C23H27N3O2/c1-23(2,3)28-22(27)26-14-8-11-20(26)21-24-18-15-17(12-13-19(18)25(21)4)16-9-6-5-7-10-16/h5-7,9-10,12-13,15,20H,8,11,14H2,1-4H3/t20-/m0/s1. The average Bonchev–Trinajstić information content (AvgIpc) is 3.25. The minimum absolute atomic E-state index is 0.0487. The van der Waals surface area contributed by atoms with Crippen molar-refractivity contribution in [2.75, 3.05) is 6.54 Å². The van der Waals surface area contributed by atoms with Gasteiger partial charge in [-0.05, 0) is 56.9 Å². The van der Waals surface area contributed by atoms with Crippen LogP contribution in [0.4, 0.5) is 4.79 Å². The molecular weight excluding hydrogens is 350 g/mol. The lowest BCUT2D eigenvalue weighted by Crippen LogP contribution is -2.37. The topological polar surface area (TPSA) is 47.4 Å². The van der Waals surface area contributed by atoms with Crippen molar-refractivity contribution in [1.82, 2.24) is 14.5 Å². The highest BCUT2D eigenvalue weighted by Crippen LogP contribution is 2.35. The molecule has 146 valence electrons. The van der Waals surface area contributed by atoms with Crippen molar-refractivity contribution in [3.05, 3.63) is 54.4 Å². The summed E-state index contributed by atoms with van der Waals surface area (Å²) in [6.07, 6.45) is 1.61. The van der Waals surface area contributed by atoms with Crippen LogP contribution in [-0.4, -0.2) is 32.7 Å². The van der Waals surface area contributed by atoms with Crippen molar-refractivity contribution in [3.63, 3.8) is 0 Å². The second-order valence-electron chi connectivity index (χ2n) is 8.43. The van der Waals surface area contributed by atoms with Crippen LogP contribution in [0, 0.1) is 0 Å². The number of aryl methyl sites for hydroxylation is 1. The fourth-order valence-electron chi connectivity index (χ4n) is 3.90. The predicted octanol–water partition coefficient (Wildman–Crippen LogP) is 5.31. The predicted molar refractivity (Wildman–Crippen MR) is 111 cm³/mol. The van der Waals surface area contributed by atoms with Crippen molar-refractivity contribution in [1.29, 1.82) is 0 Å². The van der Waals surface area contributed by atoms with E-state index in [0.717, 1.165) is 35.3 Å². The Kier molecular flexibility index (Phi) is 4.61. The molecule has 0 N–H and O–H groups in total. The molecule has 1 aliphatic rings. The zero-order valence-corrected chi connectivity index (χ0v) is 17.0. The molecule has 1 saturated heterocycles. The van der Waals surface area contributed by atoms with E-state index in [9.17, 15) is 4.79 Å². The Hall–Kier alpha value is -2.82. The smallest absolute Gasteiger partial charge is 0.410 e. The summed E-state index contributed by atoms with van der Waals surface area (Å²) >= 11 is 0. The molecule has 4 rings (SSSR count). The molecule has 1 fully saturated rings. The van der Waals surface area contributed by atoms with Gasteiger partial charge in [-0.2, -0.15) is 0 Å². The van der Waals surface area contributed by atoms with Crippen LogP contribution in [0.25, 0.3) is 22.2 Å². The second kappa shape index (κ2) is 6.97. The van der Waals surface area contributed by atoms with Gasteiger partial charge in [-0.15, -0.1) is 0 Å². The number of hydrogen-bond donors (Lipinski definition) is 0. The monoisotopic (exact) mass is 377 g/mol. The number of amides is 1. The highest BCUT2D eigenvalue weighted by atomic mass is 16.6. The molecule has 2 aromatic carbocycles. The molecule has 5 heteroatoms. The second-order valence-corrected chi connectivity index (χ2v) is 8.43. The number of ether oxygens (including phenoxy) is 1. The summed E-state index contributed by atoms with van der Waals surface area (Å²) in [7, 11) is 2.03. The normalized spacial score (nSPS) is 17.3. The van der Waals surface area contributed by atoms with Crippen molar-refractivity contribution in [2.24, 2.45) is 7.05 Å². The van der Waals surface area contributed by atoms with Gasteiger partial charge in [0.2, 0.25) is 0 Å². The third-order valence-corrected chi connectivity index (χ3v) is 5.20. The van der Waals surface area contributed by atoms with Gasteiger partial charge in [0.25, 0.3) is 0 Å². The minimum atomic E-state index is -0.499. The molecule has 1 aliphatic heterocycles. The van der Waals surface area contributed by atoms with Gasteiger partial charge in [0.15, 0.2) is 0 Å². The summed E-state index contributed by atoms with van der Waals surface area (Å²) in [5.41, 5.74) is 3.85. The van der Waals surface area contributed by atoms with Crippen molar-refractivity contribution in [3.8, 4) is 11.1 Å². The van der Waals surface area contributed by atoms with Crippen LogP contribution < -0.4 is 0 Å². The zero-order chi connectivity index (χ0) is 19.9. The van der Waals surface area contributed by atoms with Crippen LogP contribution in [0.15, 0.2) is 48.5 Å². The third kappa shape index (κ3) is 3.49. The van der Waals surface area contributed by atoms with Crippen molar-refractivity contribution >= 4 is 17.1 Å². The molecule has 1 amide bonds. The molecule has 1 atom stereocenters. The van der Waals surface area contributed by atoms with E-state index in [1.54, 1.807) is 0 Å². The Morgan fingerprint density at radius 3 is 2.57 bits per heavy atom. The number of aromatic nitrogens is 2. The van der Waals surface area contributed by atoms with E-state index in [-0.39, 0.29) is 12.1 Å². The molecule has 0 bridgehead atoms. The summed E-state index contributed by atoms with van der Waals surface area (Å²) in [4.78, 5) is 19.4. The fraction of sp³-hybridized carbons (Fsp3) is 0.391. The lowest BCUT2D eigenvalue weighted by atomic mass is 10.1. The minimum Gasteiger partial charge on any atom is -0.444 e. The van der Waals surface area contributed by atoms with Gasteiger partial charge in [-0.1, -0.05) is 36.4 Å². The van der Waals surface area contributed by atoms with E-state index in [0.29, 0.717) is 6.54 Å². The third-order valence-electron chi connectivity index (χ3n) is 5.20. The van der Waals surface area contributed by atoms with Crippen LogP contribution in [0.3, 0.4) is 0 Å². The van der Waals surface area contributed by atoms with Gasteiger partial charge in [-0.3, -0.25) is 4.90 Å².